The maximum absolute atomic E-state index is 11.4. The molecule has 0 aliphatic rings. The average Bonchev–Trinajstić information content (AvgIpc) is 2.16. The number of esters is 1. The summed E-state index contributed by atoms with van der Waals surface area (Å²) >= 11 is 0. The highest BCUT2D eigenvalue weighted by Crippen LogP contribution is 2.07. The molecule has 0 aliphatic carbocycles. The van der Waals surface area contributed by atoms with Crippen molar-refractivity contribution < 1.29 is 14.3 Å². The number of carbonyl (C=O) groups excluding carboxylic acids is 2. The van der Waals surface area contributed by atoms with Gasteiger partial charge in [0, 0.05) is 6.54 Å². The maximum atomic E-state index is 11.4. The topological polar surface area (TPSA) is 81.4 Å². The first-order valence-corrected chi connectivity index (χ1v) is 5.13. The summed E-state index contributed by atoms with van der Waals surface area (Å²) in [6.07, 6.45) is -0.463. The first kappa shape index (κ1) is 13.9. The molecule has 0 saturated heterocycles. The number of ether oxygens (including phenoxy) is 1. The normalized spacial score (nSPS) is 16.3. The van der Waals surface area contributed by atoms with E-state index in [-0.39, 0.29) is 11.8 Å². The third kappa shape index (κ3) is 4.78. The van der Waals surface area contributed by atoms with Gasteiger partial charge < -0.3 is 15.8 Å². The maximum Gasteiger partial charge on any atom is 0.322 e. The van der Waals surface area contributed by atoms with Crippen LogP contribution in [0.4, 0.5) is 0 Å². The summed E-state index contributed by atoms with van der Waals surface area (Å²) in [6, 6.07) is -0.658. The minimum absolute atomic E-state index is 0.123. The van der Waals surface area contributed by atoms with E-state index in [4.69, 9.17) is 10.5 Å². The molecular formula is C10H20N2O3. The van der Waals surface area contributed by atoms with Crippen LogP contribution in [0.2, 0.25) is 0 Å². The molecule has 1 amide bonds. The fourth-order valence-electron chi connectivity index (χ4n) is 0.941. The van der Waals surface area contributed by atoms with Gasteiger partial charge in [-0.3, -0.25) is 9.59 Å². The SMILES string of the molecule is CCNC(=O)[C@@H](C)[C@@H](C)OC(=O)[C@H](C)N. The van der Waals surface area contributed by atoms with E-state index < -0.39 is 18.1 Å². The van der Waals surface area contributed by atoms with Crippen molar-refractivity contribution in [2.75, 3.05) is 6.54 Å². The molecule has 0 bridgehead atoms. The molecule has 5 nitrogen and oxygen atoms in total. The summed E-state index contributed by atoms with van der Waals surface area (Å²) < 4.78 is 5.02. The summed E-state index contributed by atoms with van der Waals surface area (Å²) in [6.45, 7) is 7.34. The van der Waals surface area contributed by atoms with E-state index in [1.165, 1.54) is 0 Å². The zero-order valence-corrected chi connectivity index (χ0v) is 9.74. The molecule has 0 aromatic carbocycles. The predicted molar refractivity (Wildman–Crippen MR) is 57.1 cm³/mol. The Hall–Kier alpha value is -1.10. The van der Waals surface area contributed by atoms with Gasteiger partial charge in [-0.05, 0) is 20.8 Å². The lowest BCUT2D eigenvalue weighted by Gasteiger charge is -2.20. The van der Waals surface area contributed by atoms with Gasteiger partial charge in [-0.2, -0.15) is 0 Å². The van der Waals surface area contributed by atoms with Crippen LogP contribution in [0, 0.1) is 5.92 Å². The van der Waals surface area contributed by atoms with Crippen molar-refractivity contribution in [2.45, 2.75) is 39.8 Å². The van der Waals surface area contributed by atoms with Gasteiger partial charge in [-0.15, -0.1) is 0 Å². The number of nitrogens with one attached hydrogen (secondary N) is 1. The zero-order valence-electron chi connectivity index (χ0n) is 9.74. The molecule has 0 spiro atoms. The fourth-order valence-corrected chi connectivity index (χ4v) is 0.941. The van der Waals surface area contributed by atoms with Gasteiger partial charge >= 0.3 is 5.97 Å². The van der Waals surface area contributed by atoms with Gasteiger partial charge in [0.2, 0.25) is 5.91 Å². The first-order valence-electron chi connectivity index (χ1n) is 5.13. The van der Waals surface area contributed by atoms with Crippen molar-refractivity contribution >= 4 is 11.9 Å². The Morgan fingerprint density at radius 1 is 1.33 bits per heavy atom. The van der Waals surface area contributed by atoms with Crippen LogP contribution >= 0.6 is 0 Å². The first-order chi connectivity index (χ1) is 6.90. The number of hydrogen-bond acceptors (Lipinski definition) is 4. The highest BCUT2D eigenvalue weighted by atomic mass is 16.5. The Bertz CT molecular complexity index is 229. The van der Waals surface area contributed by atoms with Crippen molar-refractivity contribution in [1.29, 1.82) is 0 Å². The molecule has 0 radical (unpaired) electrons. The van der Waals surface area contributed by atoms with Crippen LogP contribution in [0.15, 0.2) is 0 Å². The highest BCUT2D eigenvalue weighted by molar-refractivity contribution is 5.80. The minimum Gasteiger partial charge on any atom is -0.461 e. The smallest absolute Gasteiger partial charge is 0.322 e. The summed E-state index contributed by atoms with van der Waals surface area (Å²) in [5.41, 5.74) is 5.34. The third-order valence-corrected chi connectivity index (χ3v) is 2.14. The molecule has 0 heterocycles. The van der Waals surface area contributed by atoms with Crippen molar-refractivity contribution in [2.24, 2.45) is 11.7 Å². The van der Waals surface area contributed by atoms with E-state index in [1.807, 2.05) is 6.92 Å². The van der Waals surface area contributed by atoms with Crippen LogP contribution in [0.3, 0.4) is 0 Å². The lowest BCUT2D eigenvalue weighted by Crippen LogP contribution is -2.39. The lowest BCUT2D eigenvalue weighted by atomic mass is 10.1. The number of rotatable bonds is 5. The molecule has 88 valence electrons. The van der Waals surface area contributed by atoms with Crippen LogP contribution in [0.5, 0.6) is 0 Å². The van der Waals surface area contributed by atoms with Gasteiger partial charge in [0.05, 0.1) is 5.92 Å². The average molecular weight is 216 g/mol. The van der Waals surface area contributed by atoms with Crippen molar-refractivity contribution in [1.82, 2.24) is 5.32 Å². The molecule has 5 heteroatoms. The van der Waals surface area contributed by atoms with E-state index >= 15 is 0 Å². The van der Waals surface area contributed by atoms with Gasteiger partial charge in [0.1, 0.15) is 12.1 Å². The summed E-state index contributed by atoms with van der Waals surface area (Å²) in [5, 5.41) is 2.67. The van der Waals surface area contributed by atoms with E-state index in [0.717, 1.165) is 0 Å². The molecule has 0 rings (SSSR count). The van der Waals surface area contributed by atoms with E-state index in [9.17, 15) is 9.59 Å². The molecule has 15 heavy (non-hydrogen) atoms. The quantitative estimate of drug-likeness (QED) is 0.636. The molecule has 3 N–H and O–H groups in total. The predicted octanol–water partition coefficient (Wildman–Crippen LogP) is 0.0375. The van der Waals surface area contributed by atoms with E-state index in [0.29, 0.717) is 6.54 Å². The van der Waals surface area contributed by atoms with E-state index in [2.05, 4.69) is 5.32 Å². The van der Waals surface area contributed by atoms with Gasteiger partial charge in [0.25, 0.3) is 0 Å². The van der Waals surface area contributed by atoms with Crippen LogP contribution in [0.1, 0.15) is 27.7 Å². The van der Waals surface area contributed by atoms with Crippen LogP contribution in [0.25, 0.3) is 0 Å². The molecule has 0 aromatic rings. The number of hydrogen-bond donors (Lipinski definition) is 2. The highest BCUT2D eigenvalue weighted by Gasteiger charge is 2.23. The molecule has 0 unspecified atom stereocenters. The second kappa shape index (κ2) is 6.40. The molecular weight excluding hydrogens is 196 g/mol. The summed E-state index contributed by atoms with van der Waals surface area (Å²) in [7, 11) is 0. The molecule has 0 aliphatic heterocycles. The lowest BCUT2D eigenvalue weighted by molar-refractivity contribution is -0.153. The number of nitrogens with two attached hydrogens (primary N) is 1. The molecule has 0 fully saturated rings. The van der Waals surface area contributed by atoms with Crippen molar-refractivity contribution in [3.63, 3.8) is 0 Å². The summed E-state index contributed by atoms with van der Waals surface area (Å²) in [5.74, 6) is -0.978. The largest absolute Gasteiger partial charge is 0.461 e. The Morgan fingerprint density at radius 2 is 1.87 bits per heavy atom. The molecule has 0 aromatic heterocycles. The molecule has 0 saturated carbocycles. The van der Waals surface area contributed by atoms with Gasteiger partial charge in [0.15, 0.2) is 0 Å². The van der Waals surface area contributed by atoms with Crippen LogP contribution in [-0.2, 0) is 14.3 Å². The van der Waals surface area contributed by atoms with Crippen molar-refractivity contribution in [3.8, 4) is 0 Å². The van der Waals surface area contributed by atoms with Gasteiger partial charge in [-0.25, -0.2) is 0 Å². The zero-order chi connectivity index (χ0) is 12.0. The van der Waals surface area contributed by atoms with Crippen LogP contribution < -0.4 is 11.1 Å². The number of amides is 1. The number of carbonyl (C=O) groups is 2. The monoisotopic (exact) mass is 216 g/mol. The second-order valence-electron chi connectivity index (χ2n) is 3.61. The standard InChI is InChI=1S/C10H20N2O3/c1-5-12-9(13)6(2)8(4)15-10(14)7(3)11/h6-8H,5,11H2,1-4H3,(H,12,13)/t6-,7-,8+/m0/s1. The Balaban J connectivity index is 4.14. The van der Waals surface area contributed by atoms with Gasteiger partial charge in [-0.1, -0.05) is 6.92 Å². The Morgan fingerprint density at radius 3 is 2.27 bits per heavy atom. The third-order valence-electron chi connectivity index (χ3n) is 2.14. The van der Waals surface area contributed by atoms with Crippen LogP contribution in [-0.4, -0.2) is 30.6 Å². The second-order valence-corrected chi connectivity index (χ2v) is 3.61. The Kier molecular flexibility index (Phi) is 5.93. The Labute approximate surface area is 90.4 Å². The van der Waals surface area contributed by atoms with Crippen molar-refractivity contribution in [3.05, 3.63) is 0 Å². The van der Waals surface area contributed by atoms with E-state index in [1.54, 1.807) is 20.8 Å². The molecule has 3 atom stereocenters. The fraction of sp³-hybridized carbons (Fsp3) is 0.800. The summed E-state index contributed by atoms with van der Waals surface area (Å²) in [4.78, 5) is 22.6. The minimum atomic E-state index is -0.658.